The minimum absolute atomic E-state index is 0.128. The van der Waals surface area contributed by atoms with Crippen LogP contribution in [0.3, 0.4) is 0 Å². The van der Waals surface area contributed by atoms with E-state index in [0.29, 0.717) is 0 Å². The fourth-order valence-electron chi connectivity index (χ4n) is 2.57. The molecule has 0 bridgehead atoms. The van der Waals surface area contributed by atoms with Crippen LogP contribution in [0.2, 0.25) is 0 Å². The summed E-state index contributed by atoms with van der Waals surface area (Å²) in [7, 11) is 0. The number of nitrogens with one attached hydrogen (secondary N) is 1. The van der Waals surface area contributed by atoms with E-state index in [1.807, 2.05) is 20.8 Å². The van der Waals surface area contributed by atoms with E-state index in [9.17, 15) is 4.79 Å². The van der Waals surface area contributed by atoms with Gasteiger partial charge in [0.25, 0.3) is 0 Å². The van der Waals surface area contributed by atoms with E-state index in [2.05, 4.69) is 29.8 Å². The Morgan fingerprint density at radius 1 is 1.37 bits per heavy atom. The van der Waals surface area contributed by atoms with Gasteiger partial charge in [0.1, 0.15) is 0 Å². The predicted octanol–water partition coefficient (Wildman–Crippen LogP) is 3.14. The van der Waals surface area contributed by atoms with E-state index in [1.54, 1.807) is 0 Å². The van der Waals surface area contributed by atoms with Crippen molar-refractivity contribution in [3.05, 3.63) is 23.0 Å². The molecule has 0 radical (unpaired) electrons. The zero-order valence-corrected chi connectivity index (χ0v) is 12.8. The van der Waals surface area contributed by atoms with Crippen LogP contribution >= 0.6 is 0 Å². The average Bonchev–Trinajstić information content (AvgIpc) is 3.06. The van der Waals surface area contributed by atoms with Crippen molar-refractivity contribution in [1.29, 1.82) is 0 Å². The van der Waals surface area contributed by atoms with Gasteiger partial charge in [0.15, 0.2) is 0 Å². The minimum atomic E-state index is -0.301. The second-order valence-corrected chi connectivity index (χ2v) is 6.75. The Morgan fingerprint density at radius 2 is 2.00 bits per heavy atom. The maximum Gasteiger partial charge on any atom is 0.225 e. The molecule has 1 saturated carbocycles. The summed E-state index contributed by atoms with van der Waals surface area (Å²) in [6.07, 6.45) is 3.56. The van der Waals surface area contributed by atoms with Gasteiger partial charge in [-0.05, 0) is 44.7 Å². The van der Waals surface area contributed by atoms with Crippen molar-refractivity contribution in [2.24, 2.45) is 5.41 Å². The van der Waals surface area contributed by atoms with Crippen LogP contribution in [0.5, 0.6) is 0 Å². The molecule has 1 amide bonds. The lowest BCUT2D eigenvalue weighted by molar-refractivity contribution is -0.128. The van der Waals surface area contributed by atoms with Crippen LogP contribution in [0.1, 0.15) is 56.6 Å². The Hall–Kier alpha value is -1.25. The minimum Gasteiger partial charge on any atom is -0.355 e. The molecule has 0 atom stereocenters. The first-order valence-corrected chi connectivity index (χ1v) is 7.26. The molecule has 3 heteroatoms. The van der Waals surface area contributed by atoms with E-state index in [0.717, 1.165) is 19.0 Å². The van der Waals surface area contributed by atoms with Gasteiger partial charge >= 0.3 is 0 Å². The fraction of sp³-hybridized carbons (Fsp3) is 0.688. The molecule has 1 aliphatic rings. The van der Waals surface area contributed by atoms with Crippen molar-refractivity contribution in [2.75, 3.05) is 6.54 Å². The van der Waals surface area contributed by atoms with Gasteiger partial charge in [-0.15, -0.1) is 0 Å². The Morgan fingerprint density at radius 3 is 2.53 bits per heavy atom. The highest BCUT2D eigenvalue weighted by molar-refractivity contribution is 5.81. The van der Waals surface area contributed by atoms with Crippen LogP contribution in [-0.4, -0.2) is 17.0 Å². The highest BCUT2D eigenvalue weighted by Crippen LogP contribution is 2.38. The summed E-state index contributed by atoms with van der Waals surface area (Å²) in [5.74, 6) is 0.128. The average molecular weight is 262 g/mol. The molecule has 0 spiro atoms. The normalized spacial score (nSPS) is 15.6. The highest BCUT2D eigenvalue weighted by Gasteiger charge is 2.27. The van der Waals surface area contributed by atoms with Gasteiger partial charge in [-0.3, -0.25) is 4.79 Å². The van der Waals surface area contributed by atoms with Gasteiger partial charge in [0.2, 0.25) is 5.91 Å². The molecule has 1 fully saturated rings. The number of carbonyl (C=O) groups excluding carboxylic acids is 1. The van der Waals surface area contributed by atoms with Crippen molar-refractivity contribution in [2.45, 2.75) is 59.9 Å². The van der Waals surface area contributed by atoms with Crippen LogP contribution in [-0.2, 0) is 11.2 Å². The van der Waals surface area contributed by atoms with Crippen LogP contribution < -0.4 is 5.32 Å². The van der Waals surface area contributed by atoms with Crippen LogP contribution in [0.15, 0.2) is 6.07 Å². The summed E-state index contributed by atoms with van der Waals surface area (Å²) in [6.45, 7) is 10.9. The monoisotopic (exact) mass is 262 g/mol. The largest absolute Gasteiger partial charge is 0.355 e. The number of carbonyl (C=O) groups is 1. The van der Waals surface area contributed by atoms with Crippen molar-refractivity contribution in [3.8, 4) is 0 Å². The van der Waals surface area contributed by atoms with Crippen molar-refractivity contribution in [3.63, 3.8) is 0 Å². The molecule has 3 nitrogen and oxygen atoms in total. The molecule has 0 unspecified atom stereocenters. The van der Waals surface area contributed by atoms with Gasteiger partial charge < -0.3 is 9.88 Å². The van der Waals surface area contributed by atoms with Crippen molar-refractivity contribution < 1.29 is 4.79 Å². The topological polar surface area (TPSA) is 34.0 Å². The number of aromatic nitrogens is 1. The standard InChI is InChI=1S/C16H26N2O/c1-11-10-13(12(2)18(11)14-6-7-14)8-9-17-15(19)16(3,4)5/h10,14H,6-9H2,1-5H3,(H,17,19). The second kappa shape index (κ2) is 5.03. The SMILES string of the molecule is Cc1cc(CCNC(=O)C(C)(C)C)c(C)n1C1CC1. The highest BCUT2D eigenvalue weighted by atomic mass is 16.2. The van der Waals surface area contributed by atoms with E-state index < -0.39 is 0 Å². The van der Waals surface area contributed by atoms with Crippen LogP contribution in [0.25, 0.3) is 0 Å². The third kappa shape index (κ3) is 3.20. The second-order valence-electron chi connectivity index (χ2n) is 6.75. The molecule has 1 aromatic rings. The van der Waals surface area contributed by atoms with E-state index in [-0.39, 0.29) is 11.3 Å². The maximum absolute atomic E-state index is 11.8. The first kappa shape index (κ1) is 14.2. The molecule has 1 heterocycles. The molecule has 0 saturated heterocycles. The van der Waals surface area contributed by atoms with Crippen molar-refractivity contribution in [1.82, 2.24) is 9.88 Å². The van der Waals surface area contributed by atoms with Gasteiger partial charge in [-0.2, -0.15) is 0 Å². The summed E-state index contributed by atoms with van der Waals surface area (Å²) in [4.78, 5) is 11.8. The lowest BCUT2D eigenvalue weighted by Gasteiger charge is -2.17. The number of nitrogens with zero attached hydrogens (tertiary/aromatic N) is 1. The number of hydrogen-bond acceptors (Lipinski definition) is 1. The Balaban J connectivity index is 1.93. The van der Waals surface area contributed by atoms with Crippen molar-refractivity contribution >= 4 is 5.91 Å². The first-order chi connectivity index (χ1) is 8.80. The Bertz CT molecular complexity index is 476. The van der Waals surface area contributed by atoms with Gasteiger partial charge in [0, 0.05) is 29.4 Å². The van der Waals surface area contributed by atoms with Crippen LogP contribution in [0, 0.1) is 19.3 Å². The number of amides is 1. The predicted molar refractivity (Wildman–Crippen MR) is 78.3 cm³/mol. The number of hydrogen-bond donors (Lipinski definition) is 1. The lowest BCUT2D eigenvalue weighted by atomic mass is 9.95. The third-order valence-electron chi connectivity index (χ3n) is 3.86. The smallest absolute Gasteiger partial charge is 0.225 e. The fourth-order valence-corrected chi connectivity index (χ4v) is 2.57. The molecule has 1 aromatic heterocycles. The Labute approximate surface area is 116 Å². The molecule has 106 valence electrons. The molecular weight excluding hydrogens is 236 g/mol. The summed E-state index contributed by atoms with van der Waals surface area (Å²) >= 11 is 0. The Kier molecular flexibility index (Phi) is 3.75. The number of aryl methyl sites for hydroxylation is 1. The van der Waals surface area contributed by atoms with E-state index in [4.69, 9.17) is 0 Å². The molecule has 19 heavy (non-hydrogen) atoms. The summed E-state index contributed by atoms with van der Waals surface area (Å²) in [5, 5.41) is 3.02. The molecule has 1 aliphatic carbocycles. The first-order valence-electron chi connectivity index (χ1n) is 7.26. The van der Waals surface area contributed by atoms with Gasteiger partial charge in [-0.1, -0.05) is 20.8 Å². The molecular formula is C16H26N2O. The van der Waals surface area contributed by atoms with Gasteiger partial charge in [-0.25, -0.2) is 0 Å². The zero-order chi connectivity index (χ0) is 14.2. The maximum atomic E-state index is 11.8. The van der Waals surface area contributed by atoms with E-state index in [1.165, 1.54) is 29.8 Å². The summed E-state index contributed by atoms with van der Waals surface area (Å²) < 4.78 is 2.46. The van der Waals surface area contributed by atoms with Gasteiger partial charge in [0.05, 0.1) is 0 Å². The summed E-state index contributed by atoms with van der Waals surface area (Å²) in [5.41, 5.74) is 3.81. The van der Waals surface area contributed by atoms with Crippen LogP contribution in [0.4, 0.5) is 0 Å². The molecule has 1 N–H and O–H groups in total. The van der Waals surface area contributed by atoms with E-state index >= 15 is 0 Å². The summed E-state index contributed by atoms with van der Waals surface area (Å²) in [6, 6.07) is 3.01. The zero-order valence-electron chi connectivity index (χ0n) is 12.8. The molecule has 2 rings (SSSR count). The molecule has 0 aliphatic heterocycles. The molecule has 0 aromatic carbocycles. The lowest BCUT2D eigenvalue weighted by Crippen LogP contribution is -2.35. The third-order valence-corrected chi connectivity index (χ3v) is 3.86. The number of rotatable bonds is 4. The quantitative estimate of drug-likeness (QED) is 0.888.